The van der Waals surface area contributed by atoms with Crippen molar-refractivity contribution in [3.05, 3.63) is 10.1 Å². The molecular weight excluding hydrogens is 868 g/mol. The standard InChI is InChI=1S/C37H72N4O23/c42-7-28(48)19-59-13-25(14-60-20-29(49)8-43)38-34(54)1-4-37(41(57)58,5-2-35(55)39-26(15-61-21-30(50)9-44)16-62-22-31(51)10-45)6-3-36(56)40-27(17-63-23-32(52)11-46)18-64-24-33(53)12-47/h25-33,42-53H,1-24H2,(H,38,54)(H,39,55)(H,40,56). The number of hydrogen-bond donors (Lipinski definition) is 15. The van der Waals surface area contributed by atoms with E-state index in [4.69, 9.17) is 59.1 Å². The van der Waals surface area contributed by atoms with Gasteiger partial charge in [0.1, 0.15) is 36.6 Å². The van der Waals surface area contributed by atoms with Crippen molar-refractivity contribution >= 4 is 17.7 Å². The molecule has 0 aromatic rings. The lowest BCUT2D eigenvalue weighted by atomic mass is 9.83. The minimum Gasteiger partial charge on any atom is -0.394 e. The molecule has 0 aliphatic carbocycles. The second-order valence-electron chi connectivity index (χ2n) is 15.0. The van der Waals surface area contributed by atoms with E-state index in [9.17, 15) is 55.1 Å². The van der Waals surface area contributed by atoms with Crippen LogP contribution in [-0.2, 0) is 42.8 Å². The van der Waals surface area contributed by atoms with Crippen LogP contribution in [0, 0.1) is 10.1 Å². The highest BCUT2D eigenvalue weighted by molar-refractivity contribution is 5.78. The zero-order valence-corrected chi connectivity index (χ0v) is 36.0. The van der Waals surface area contributed by atoms with Gasteiger partial charge < -0.3 is 106 Å². The van der Waals surface area contributed by atoms with Crippen LogP contribution in [0.2, 0.25) is 0 Å². The Morgan fingerprint density at radius 1 is 0.406 bits per heavy atom. The van der Waals surface area contributed by atoms with E-state index in [0.29, 0.717) is 0 Å². The van der Waals surface area contributed by atoms with Gasteiger partial charge in [-0.3, -0.25) is 24.5 Å². The van der Waals surface area contributed by atoms with Gasteiger partial charge in [-0.25, -0.2) is 0 Å². The summed E-state index contributed by atoms with van der Waals surface area (Å²) in [5.41, 5.74) is -2.12. The van der Waals surface area contributed by atoms with Crippen molar-refractivity contribution in [3.8, 4) is 0 Å². The minimum absolute atomic E-state index is 0.280. The second kappa shape index (κ2) is 37.2. The highest BCUT2D eigenvalue weighted by Crippen LogP contribution is 2.29. The predicted octanol–water partition coefficient (Wildman–Crippen LogP) is -7.98. The summed E-state index contributed by atoms with van der Waals surface area (Å²) >= 11 is 0. The van der Waals surface area contributed by atoms with Crippen molar-refractivity contribution in [1.82, 2.24) is 16.0 Å². The second-order valence-corrected chi connectivity index (χ2v) is 15.0. The number of carbonyl (C=O) groups is 3. The fourth-order valence-electron chi connectivity index (χ4n) is 5.38. The first-order chi connectivity index (χ1) is 30.5. The van der Waals surface area contributed by atoms with E-state index in [1.165, 1.54) is 0 Å². The normalized spacial score (nSPS) is 16.9. The SMILES string of the molecule is O=C(CCC(CCC(=O)NC(COCC(O)CO)COCC(O)CO)(CCC(=O)NC(COCC(O)CO)COCC(O)CO)[N+](=O)[O-])NC(COCC(O)CO)COCC(O)CO. The van der Waals surface area contributed by atoms with Gasteiger partial charge in [0.05, 0.1) is 137 Å². The maximum atomic E-state index is 13.3. The van der Waals surface area contributed by atoms with Crippen molar-refractivity contribution in [1.29, 1.82) is 0 Å². The molecule has 27 heteroatoms. The van der Waals surface area contributed by atoms with Crippen molar-refractivity contribution in [3.63, 3.8) is 0 Å². The maximum absolute atomic E-state index is 13.3. The molecule has 378 valence electrons. The zero-order chi connectivity index (χ0) is 48.3. The Morgan fingerprint density at radius 2 is 0.594 bits per heavy atom. The lowest BCUT2D eigenvalue weighted by molar-refractivity contribution is -0.573. The Kier molecular flexibility index (Phi) is 35.5. The van der Waals surface area contributed by atoms with Crippen LogP contribution in [0.5, 0.6) is 0 Å². The predicted molar refractivity (Wildman–Crippen MR) is 217 cm³/mol. The highest BCUT2D eigenvalue weighted by Gasteiger charge is 2.43. The number of amides is 3. The number of aliphatic hydroxyl groups excluding tert-OH is 12. The molecule has 0 saturated carbocycles. The van der Waals surface area contributed by atoms with Gasteiger partial charge in [0.15, 0.2) is 0 Å². The van der Waals surface area contributed by atoms with Crippen molar-refractivity contribution < 1.29 is 109 Å². The summed E-state index contributed by atoms with van der Waals surface area (Å²) in [6, 6.07) is -2.87. The van der Waals surface area contributed by atoms with Crippen LogP contribution in [0.25, 0.3) is 0 Å². The van der Waals surface area contributed by atoms with E-state index in [1.807, 2.05) is 0 Å². The van der Waals surface area contributed by atoms with Gasteiger partial charge >= 0.3 is 0 Å². The van der Waals surface area contributed by atoms with Gasteiger partial charge in [-0.1, -0.05) is 0 Å². The summed E-state index contributed by atoms with van der Waals surface area (Å²) in [5.74, 6) is -2.30. The first-order valence-electron chi connectivity index (χ1n) is 20.7. The Morgan fingerprint density at radius 3 is 0.750 bits per heavy atom. The number of ether oxygens (including phenoxy) is 6. The lowest BCUT2D eigenvalue weighted by Gasteiger charge is -2.27. The molecule has 0 heterocycles. The summed E-state index contributed by atoms with van der Waals surface area (Å²) in [6.45, 7) is -7.39. The Hall–Kier alpha value is -2.91. The average Bonchev–Trinajstić information content (AvgIpc) is 3.27. The summed E-state index contributed by atoms with van der Waals surface area (Å²) in [7, 11) is 0. The molecule has 0 aromatic carbocycles. The van der Waals surface area contributed by atoms with Gasteiger partial charge in [-0.2, -0.15) is 0 Å². The third-order valence-corrected chi connectivity index (χ3v) is 8.98. The molecule has 0 saturated heterocycles. The van der Waals surface area contributed by atoms with Gasteiger partial charge in [0.2, 0.25) is 23.3 Å². The van der Waals surface area contributed by atoms with Crippen LogP contribution in [0.1, 0.15) is 38.5 Å². The quantitative estimate of drug-likeness (QED) is 0.0199. The molecule has 3 amide bonds. The third kappa shape index (κ3) is 30.3. The lowest BCUT2D eigenvalue weighted by Crippen LogP contribution is -2.47. The Balaban J connectivity index is 6.31. The van der Waals surface area contributed by atoms with Gasteiger partial charge in [-0.05, 0) is 0 Å². The Labute approximate surface area is 370 Å². The fraction of sp³-hybridized carbons (Fsp3) is 0.919. The number of nitrogens with one attached hydrogen (secondary N) is 3. The number of nitrogens with zero attached hydrogens (tertiary/aromatic N) is 1. The average molecular weight is 941 g/mol. The van der Waals surface area contributed by atoms with E-state index < -0.39 is 161 Å². The van der Waals surface area contributed by atoms with Gasteiger partial charge in [0, 0.05) is 43.4 Å². The van der Waals surface area contributed by atoms with Crippen LogP contribution in [0.15, 0.2) is 0 Å². The number of hydrogen-bond acceptors (Lipinski definition) is 23. The molecule has 0 aromatic heterocycles. The number of aliphatic hydroxyl groups is 12. The number of carbonyl (C=O) groups excluding carboxylic acids is 3. The number of rotatable bonds is 43. The van der Waals surface area contributed by atoms with Crippen LogP contribution >= 0.6 is 0 Å². The largest absolute Gasteiger partial charge is 0.394 e. The van der Waals surface area contributed by atoms with Gasteiger partial charge in [0.25, 0.3) is 0 Å². The molecule has 0 radical (unpaired) electrons. The fourth-order valence-corrected chi connectivity index (χ4v) is 5.38. The highest BCUT2D eigenvalue weighted by atomic mass is 16.6. The first-order valence-corrected chi connectivity index (χ1v) is 20.7. The van der Waals surface area contributed by atoms with E-state index in [-0.39, 0.29) is 79.3 Å². The molecular formula is C37H72N4O23. The van der Waals surface area contributed by atoms with Crippen LogP contribution in [0.4, 0.5) is 0 Å². The third-order valence-electron chi connectivity index (χ3n) is 8.98. The van der Waals surface area contributed by atoms with Crippen molar-refractivity contribution in [2.75, 3.05) is 119 Å². The van der Waals surface area contributed by atoms with Crippen molar-refractivity contribution in [2.24, 2.45) is 0 Å². The van der Waals surface area contributed by atoms with Crippen LogP contribution in [0.3, 0.4) is 0 Å². The molecule has 27 nitrogen and oxygen atoms in total. The summed E-state index contributed by atoms with van der Waals surface area (Å²) < 4.78 is 32.0. The van der Waals surface area contributed by atoms with E-state index >= 15 is 0 Å². The molecule has 0 aliphatic rings. The molecule has 0 bridgehead atoms. The topological polar surface area (TPSA) is 429 Å². The van der Waals surface area contributed by atoms with Crippen LogP contribution < -0.4 is 16.0 Å². The molecule has 0 rings (SSSR count). The number of nitro groups is 1. The monoisotopic (exact) mass is 940 g/mol. The minimum atomic E-state index is -2.12. The summed E-state index contributed by atoms with van der Waals surface area (Å²) in [4.78, 5) is 52.1. The molecule has 0 spiro atoms. The molecule has 6 unspecified atom stereocenters. The molecule has 64 heavy (non-hydrogen) atoms. The summed E-state index contributed by atoms with van der Waals surface area (Å²) in [5, 5.41) is 133. The van der Waals surface area contributed by atoms with Gasteiger partial charge in [-0.15, -0.1) is 0 Å². The van der Waals surface area contributed by atoms with E-state index in [2.05, 4.69) is 16.0 Å². The first kappa shape index (κ1) is 61.1. The van der Waals surface area contributed by atoms with E-state index in [1.54, 1.807) is 0 Å². The van der Waals surface area contributed by atoms with Crippen molar-refractivity contribution in [2.45, 2.75) is 98.8 Å². The Bertz CT molecular complexity index is 1050. The zero-order valence-electron chi connectivity index (χ0n) is 36.0. The molecule has 0 fully saturated rings. The maximum Gasteiger partial charge on any atom is 0.223 e. The smallest absolute Gasteiger partial charge is 0.223 e. The molecule has 0 aliphatic heterocycles. The molecule has 6 atom stereocenters. The summed E-state index contributed by atoms with van der Waals surface area (Å²) in [6.07, 6.45) is -10.7. The van der Waals surface area contributed by atoms with E-state index in [0.717, 1.165) is 0 Å². The van der Waals surface area contributed by atoms with Crippen LogP contribution in [-0.4, -0.2) is 263 Å². The molecule has 15 N–H and O–H groups in total.